The number of benzene rings is 3. The van der Waals surface area contributed by atoms with Crippen LogP contribution < -0.4 is 20.1 Å². The molecule has 8 nitrogen and oxygen atoms in total. The van der Waals surface area contributed by atoms with Gasteiger partial charge in [0.15, 0.2) is 11.5 Å². The minimum absolute atomic E-state index is 0.195. The number of nitrogens with zero attached hydrogens (tertiary/aromatic N) is 1. The van der Waals surface area contributed by atoms with Gasteiger partial charge in [-0.15, -0.1) is 0 Å². The molecule has 3 amide bonds. The fourth-order valence-electron chi connectivity index (χ4n) is 3.50. The van der Waals surface area contributed by atoms with Crippen LogP contribution in [0.1, 0.15) is 31.9 Å². The molecular weight excluding hydrogens is 506 g/mol. The number of para-hydroxylation sites is 1. The summed E-state index contributed by atoms with van der Waals surface area (Å²) in [6.45, 7) is 6.44. The first kappa shape index (κ1) is 28.7. The number of halogens is 1. The van der Waals surface area contributed by atoms with E-state index in [0.717, 1.165) is 11.1 Å². The van der Waals surface area contributed by atoms with E-state index in [4.69, 9.17) is 25.8 Å². The number of nitrogens with one attached hydrogen (secondary N) is 2. The summed E-state index contributed by atoms with van der Waals surface area (Å²) in [6, 6.07) is 22.0. The molecule has 0 saturated carbocycles. The van der Waals surface area contributed by atoms with Crippen LogP contribution in [-0.2, 0) is 17.9 Å². The third-order valence-electron chi connectivity index (χ3n) is 5.29. The van der Waals surface area contributed by atoms with Crippen molar-refractivity contribution in [2.75, 3.05) is 25.5 Å². The number of rotatable bonds is 10. The van der Waals surface area contributed by atoms with Crippen molar-refractivity contribution in [1.82, 2.24) is 10.2 Å². The van der Waals surface area contributed by atoms with Crippen molar-refractivity contribution in [3.05, 3.63) is 88.9 Å². The van der Waals surface area contributed by atoms with E-state index < -0.39 is 11.7 Å². The Morgan fingerprint density at radius 2 is 1.63 bits per heavy atom. The first-order valence-electron chi connectivity index (χ1n) is 12.3. The van der Waals surface area contributed by atoms with E-state index in [9.17, 15) is 9.59 Å². The van der Waals surface area contributed by atoms with Crippen LogP contribution in [0.25, 0.3) is 0 Å². The standard InChI is InChI=1S/C29H34ClN3O5/c1-29(2,3)38-28(35)31-16-17-33(27(34)32-24-13-9-8-12-23(24)30)19-22-14-15-25(26(18-22)36-4)37-20-21-10-6-5-7-11-21/h5-15,18H,16-17,19-20H2,1-4H3,(H,31,35)(H,32,34). The number of alkyl carbamates (subject to hydrolysis) is 1. The Bertz CT molecular complexity index is 1210. The number of ether oxygens (including phenoxy) is 3. The molecule has 0 fully saturated rings. The molecule has 3 rings (SSSR count). The van der Waals surface area contributed by atoms with Crippen LogP contribution in [0.15, 0.2) is 72.8 Å². The predicted octanol–water partition coefficient (Wildman–Crippen LogP) is 6.49. The molecule has 0 radical (unpaired) electrons. The molecule has 0 heterocycles. The van der Waals surface area contributed by atoms with Gasteiger partial charge in [-0.2, -0.15) is 0 Å². The van der Waals surface area contributed by atoms with E-state index in [1.54, 1.807) is 57.0 Å². The molecule has 0 atom stereocenters. The van der Waals surface area contributed by atoms with Crippen molar-refractivity contribution < 1.29 is 23.8 Å². The Hall–Kier alpha value is -3.91. The highest BCUT2D eigenvalue weighted by atomic mass is 35.5. The lowest BCUT2D eigenvalue weighted by molar-refractivity contribution is 0.0523. The zero-order valence-electron chi connectivity index (χ0n) is 22.1. The molecule has 0 unspecified atom stereocenters. The lowest BCUT2D eigenvalue weighted by Crippen LogP contribution is -2.41. The van der Waals surface area contributed by atoms with E-state index in [1.165, 1.54) is 0 Å². The Kier molecular flexibility index (Phi) is 10.2. The third kappa shape index (κ3) is 9.19. The topological polar surface area (TPSA) is 89.1 Å². The summed E-state index contributed by atoms with van der Waals surface area (Å²) < 4.78 is 16.8. The highest BCUT2D eigenvalue weighted by Gasteiger charge is 2.19. The highest BCUT2D eigenvalue weighted by Crippen LogP contribution is 2.29. The second-order valence-electron chi connectivity index (χ2n) is 9.52. The summed E-state index contributed by atoms with van der Waals surface area (Å²) in [5.74, 6) is 1.15. The van der Waals surface area contributed by atoms with Gasteiger partial charge in [0.05, 0.1) is 17.8 Å². The van der Waals surface area contributed by atoms with Crippen molar-refractivity contribution in [2.45, 2.75) is 39.5 Å². The van der Waals surface area contributed by atoms with Crippen molar-refractivity contribution in [3.8, 4) is 11.5 Å². The van der Waals surface area contributed by atoms with E-state index in [0.29, 0.717) is 28.8 Å². The number of anilines is 1. The normalized spacial score (nSPS) is 10.9. The van der Waals surface area contributed by atoms with Gasteiger partial charge >= 0.3 is 12.1 Å². The van der Waals surface area contributed by atoms with Gasteiger partial charge < -0.3 is 29.7 Å². The number of hydrogen-bond donors (Lipinski definition) is 2. The second kappa shape index (κ2) is 13.6. The minimum atomic E-state index is -0.619. The fourth-order valence-corrected chi connectivity index (χ4v) is 3.68. The molecule has 0 aliphatic heterocycles. The quantitative estimate of drug-likeness (QED) is 0.307. The van der Waals surface area contributed by atoms with Crippen LogP contribution in [0.3, 0.4) is 0 Å². The first-order chi connectivity index (χ1) is 18.1. The van der Waals surface area contributed by atoms with Gasteiger partial charge in [-0.25, -0.2) is 9.59 Å². The number of methoxy groups -OCH3 is 1. The van der Waals surface area contributed by atoms with Crippen LogP contribution >= 0.6 is 11.6 Å². The monoisotopic (exact) mass is 539 g/mol. The zero-order chi connectivity index (χ0) is 27.5. The van der Waals surface area contributed by atoms with Gasteiger partial charge in [0.1, 0.15) is 12.2 Å². The lowest BCUT2D eigenvalue weighted by Gasteiger charge is -2.25. The van der Waals surface area contributed by atoms with Crippen LogP contribution in [0.5, 0.6) is 11.5 Å². The molecule has 0 bridgehead atoms. The number of urea groups is 1. The number of carbonyl (C=O) groups is 2. The van der Waals surface area contributed by atoms with E-state index in [2.05, 4.69) is 10.6 Å². The SMILES string of the molecule is COc1cc(CN(CCNC(=O)OC(C)(C)C)C(=O)Nc2ccccc2Cl)ccc1OCc1ccccc1. The molecule has 2 N–H and O–H groups in total. The summed E-state index contributed by atoms with van der Waals surface area (Å²) in [4.78, 5) is 26.9. The number of amides is 3. The average Bonchev–Trinajstić information content (AvgIpc) is 2.88. The Labute approximate surface area is 228 Å². The summed E-state index contributed by atoms with van der Waals surface area (Å²) in [5, 5.41) is 5.96. The van der Waals surface area contributed by atoms with E-state index >= 15 is 0 Å². The largest absolute Gasteiger partial charge is 0.493 e. The molecule has 38 heavy (non-hydrogen) atoms. The van der Waals surface area contributed by atoms with Crippen molar-refractivity contribution >= 4 is 29.4 Å². The zero-order valence-corrected chi connectivity index (χ0v) is 22.9. The maximum Gasteiger partial charge on any atom is 0.407 e. The van der Waals surface area contributed by atoms with Crippen molar-refractivity contribution in [3.63, 3.8) is 0 Å². The van der Waals surface area contributed by atoms with Crippen LogP contribution in [-0.4, -0.2) is 42.8 Å². The molecular formula is C29H34ClN3O5. The summed E-state index contributed by atoms with van der Waals surface area (Å²) in [7, 11) is 1.57. The molecule has 0 saturated heterocycles. The van der Waals surface area contributed by atoms with Crippen LogP contribution in [0, 0.1) is 0 Å². The Morgan fingerprint density at radius 3 is 2.32 bits per heavy atom. The molecule has 0 aromatic heterocycles. The van der Waals surface area contributed by atoms with Gasteiger partial charge in [-0.3, -0.25) is 0 Å². The fraction of sp³-hybridized carbons (Fsp3) is 0.310. The van der Waals surface area contributed by atoms with Gasteiger partial charge in [0.25, 0.3) is 0 Å². The Balaban J connectivity index is 1.71. The molecule has 0 aliphatic carbocycles. The third-order valence-corrected chi connectivity index (χ3v) is 5.62. The van der Waals surface area contributed by atoms with Gasteiger partial charge in [0.2, 0.25) is 0 Å². The average molecular weight is 540 g/mol. The number of hydrogen-bond acceptors (Lipinski definition) is 5. The van der Waals surface area contributed by atoms with Crippen molar-refractivity contribution in [2.24, 2.45) is 0 Å². The maximum atomic E-state index is 13.2. The van der Waals surface area contributed by atoms with Crippen LogP contribution in [0.4, 0.5) is 15.3 Å². The molecule has 0 aliphatic rings. The Morgan fingerprint density at radius 1 is 0.921 bits per heavy atom. The summed E-state index contributed by atoms with van der Waals surface area (Å²) in [6.07, 6.45) is -0.550. The summed E-state index contributed by atoms with van der Waals surface area (Å²) >= 11 is 6.23. The summed E-state index contributed by atoms with van der Waals surface area (Å²) in [5.41, 5.74) is 1.73. The predicted molar refractivity (Wildman–Crippen MR) is 149 cm³/mol. The molecule has 3 aromatic carbocycles. The highest BCUT2D eigenvalue weighted by molar-refractivity contribution is 6.33. The molecule has 9 heteroatoms. The van der Waals surface area contributed by atoms with Gasteiger partial charge in [0, 0.05) is 19.6 Å². The van der Waals surface area contributed by atoms with Gasteiger partial charge in [-0.05, 0) is 56.2 Å². The van der Waals surface area contributed by atoms with Gasteiger partial charge in [-0.1, -0.05) is 60.1 Å². The molecule has 0 spiro atoms. The van der Waals surface area contributed by atoms with Crippen molar-refractivity contribution in [1.29, 1.82) is 0 Å². The molecule has 3 aromatic rings. The maximum absolute atomic E-state index is 13.2. The molecule has 202 valence electrons. The van der Waals surface area contributed by atoms with E-state index in [-0.39, 0.29) is 25.7 Å². The first-order valence-corrected chi connectivity index (χ1v) is 12.6. The van der Waals surface area contributed by atoms with E-state index in [1.807, 2.05) is 48.5 Å². The smallest absolute Gasteiger partial charge is 0.407 e. The minimum Gasteiger partial charge on any atom is -0.493 e. The number of carbonyl (C=O) groups excluding carboxylic acids is 2. The van der Waals surface area contributed by atoms with Crippen LogP contribution in [0.2, 0.25) is 5.02 Å². The second-order valence-corrected chi connectivity index (χ2v) is 9.93. The lowest BCUT2D eigenvalue weighted by atomic mass is 10.2.